The monoisotopic (exact) mass is 585 g/mol. The van der Waals surface area contributed by atoms with E-state index >= 15 is 0 Å². The molecule has 0 spiro atoms. The van der Waals surface area contributed by atoms with Crippen molar-refractivity contribution in [2.24, 2.45) is 11.1 Å². The number of Topliss-reactive ketones (excluding diaryl/α,β-unsaturated/α-hetero) is 1. The topological polar surface area (TPSA) is 96.4 Å². The van der Waals surface area contributed by atoms with Gasteiger partial charge in [0.15, 0.2) is 5.78 Å². The number of hydrogen-bond donors (Lipinski definition) is 1. The van der Waals surface area contributed by atoms with Crippen molar-refractivity contribution in [2.45, 2.75) is 64.7 Å². The van der Waals surface area contributed by atoms with Crippen LogP contribution in [0.2, 0.25) is 0 Å². The van der Waals surface area contributed by atoms with Crippen molar-refractivity contribution in [3.05, 3.63) is 59.5 Å². The fraction of sp³-hybridized carbons (Fsp3) is 0.444. The molecular weight excluding hydrogens is 558 g/mol. The zero-order valence-corrected chi connectivity index (χ0v) is 23.8. The molecule has 36 heavy (non-hydrogen) atoms. The minimum Gasteiger partial charge on any atom is -0.465 e. The van der Waals surface area contributed by atoms with Crippen LogP contribution >= 0.6 is 38.6 Å². The highest BCUT2D eigenvalue weighted by molar-refractivity contribution is 9.11. The molecule has 2 aromatic heterocycles. The van der Waals surface area contributed by atoms with Gasteiger partial charge in [-0.15, -0.1) is 22.7 Å². The second-order valence-electron chi connectivity index (χ2n) is 10.4. The second-order valence-corrected chi connectivity index (χ2v) is 13.9. The van der Waals surface area contributed by atoms with Crippen LogP contribution < -0.4 is 10.6 Å². The summed E-state index contributed by atoms with van der Waals surface area (Å²) < 4.78 is 6.17. The predicted molar refractivity (Wildman–Crippen MR) is 146 cm³/mol. The molecule has 5 rings (SSSR count). The largest absolute Gasteiger partial charge is 0.465 e. The Morgan fingerprint density at radius 2 is 1.97 bits per heavy atom. The van der Waals surface area contributed by atoms with E-state index in [0.29, 0.717) is 34.6 Å². The van der Waals surface area contributed by atoms with Crippen LogP contribution in [0.1, 0.15) is 77.5 Å². The van der Waals surface area contributed by atoms with Gasteiger partial charge >= 0.3 is 5.97 Å². The lowest BCUT2D eigenvalue weighted by Gasteiger charge is -2.43. The van der Waals surface area contributed by atoms with Crippen LogP contribution in [0.5, 0.6) is 0 Å². The standard InChI is InChI=1S/C27H28BrN3O3S2/c1-27(2)11-16-23(17(32)12-27)21(19-9-10-20(28)35-19)15(13-29)24(30)31(16)25-22(26(33)34-3)14-7-5-4-6-8-18(14)36-25/h9-10,21H,4-8,11-12,30H2,1-3H3. The maximum Gasteiger partial charge on any atom is 0.341 e. The van der Waals surface area contributed by atoms with Gasteiger partial charge in [0.05, 0.1) is 34.0 Å². The van der Waals surface area contributed by atoms with E-state index in [1.165, 1.54) is 23.3 Å². The summed E-state index contributed by atoms with van der Waals surface area (Å²) in [5.74, 6) is -0.597. The third kappa shape index (κ3) is 4.13. The molecule has 0 saturated carbocycles. The minimum absolute atomic E-state index is 0.0266. The Kier molecular flexibility index (Phi) is 6.64. The number of ether oxygens (including phenoxy) is 1. The van der Waals surface area contributed by atoms with Crippen molar-refractivity contribution in [3.63, 3.8) is 0 Å². The van der Waals surface area contributed by atoms with Gasteiger partial charge in [-0.25, -0.2) is 4.79 Å². The number of nitriles is 1. The van der Waals surface area contributed by atoms with E-state index < -0.39 is 11.9 Å². The van der Waals surface area contributed by atoms with Crippen LogP contribution in [0.25, 0.3) is 0 Å². The number of thiophene rings is 2. The van der Waals surface area contributed by atoms with E-state index in [4.69, 9.17) is 10.5 Å². The summed E-state index contributed by atoms with van der Waals surface area (Å²) in [4.78, 5) is 30.8. The van der Waals surface area contributed by atoms with E-state index in [9.17, 15) is 14.9 Å². The smallest absolute Gasteiger partial charge is 0.341 e. The molecule has 1 atom stereocenters. The number of fused-ring (bicyclic) bond motifs is 1. The number of esters is 1. The number of allylic oxidation sites excluding steroid dienone is 3. The Bertz CT molecular complexity index is 1370. The van der Waals surface area contributed by atoms with E-state index in [1.54, 1.807) is 11.3 Å². The van der Waals surface area contributed by atoms with Crippen LogP contribution in [0.3, 0.4) is 0 Å². The number of methoxy groups -OCH3 is 1. The van der Waals surface area contributed by atoms with Crippen molar-refractivity contribution in [2.75, 3.05) is 12.0 Å². The first-order valence-corrected chi connectivity index (χ1v) is 14.5. The molecule has 0 radical (unpaired) electrons. The Morgan fingerprint density at radius 3 is 2.64 bits per heavy atom. The maximum atomic E-state index is 13.7. The molecule has 3 aliphatic rings. The molecule has 2 aromatic rings. The zero-order valence-electron chi connectivity index (χ0n) is 20.6. The van der Waals surface area contributed by atoms with E-state index in [0.717, 1.165) is 52.0 Å². The number of nitrogens with zero attached hydrogens (tertiary/aromatic N) is 2. The van der Waals surface area contributed by atoms with Crippen LogP contribution in [-0.2, 0) is 22.4 Å². The van der Waals surface area contributed by atoms with Gasteiger partial charge in [-0.05, 0) is 71.1 Å². The average Bonchev–Trinajstić information content (AvgIpc) is 3.32. The number of aryl methyl sites for hydroxylation is 1. The first-order valence-electron chi connectivity index (χ1n) is 12.1. The first kappa shape index (κ1) is 25.2. The van der Waals surface area contributed by atoms with Crippen molar-refractivity contribution in [3.8, 4) is 6.07 Å². The highest BCUT2D eigenvalue weighted by Crippen LogP contribution is 2.53. The molecule has 6 nitrogen and oxygen atoms in total. The average molecular weight is 587 g/mol. The number of carbonyl (C=O) groups excluding carboxylic acids is 2. The van der Waals surface area contributed by atoms with Gasteiger partial charge < -0.3 is 10.5 Å². The molecule has 0 bridgehead atoms. The highest BCUT2D eigenvalue weighted by Gasteiger charge is 2.46. The number of ketones is 1. The molecule has 3 heterocycles. The molecule has 9 heteroatoms. The summed E-state index contributed by atoms with van der Waals surface area (Å²) in [5, 5.41) is 11.0. The van der Waals surface area contributed by atoms with Crippen molar-refractivity contribution in [1.29, 1.82) is 5.26 Å². The predicted octanol–water partition coefficient (Wildman–Crippen LogP) is 6.57. The fourth-order valence-corrected chi connectivity index (χ4v) is 8.67. The van der Waals surface area contributed by atoms with E-state index in [2.05, 4.69) is 35.8 Å². The third-order valence-electron chi connectivity index (χ3n) is 7.25. The second kappa shape index (κ2) is 9.47. The Balaban J connectivity index is 1.80. The molecule has 2 N–H and O–H groups in total. The summed E-state index contributed by atoms with van der Waals surface area (Å²) >= 11 is 6.58. The third-order valence-corrected chi connectivity index (χ3v) is 10.2. The van der Waals surface area contributed by atoms with Crippen molar-refractivity contribution >= 4 is 55.4 Å². The van der Waals surface area contributed by atoms with E-state index in [1.807, 2.05) is 17.0 Å². The van der Waals surface area contributed by atoms with Crippen molar-refractivity contribution < 1.29 is 14.3 Å². The quantitative estimate of drug-likeness (QED) is 0.323. The summed E-state index contributed by atoms with van der Waals surface area (Å²) in [6.45, 7) is 4.16. The Hall–Kier alpha value is -2.41. The molecule has 0 amide bonds. The number of nitrogens with two attached hydrogens (primary N) is 1. The maximum absolute atomic E-state index is 13.7. The Morgan fingerprint density at radius 1 is 1.22 bits per heavy atom. The van der Waals surface area contributed by atoms with Crippen LogP contribution in [0.15, 0.2) is 38.6 Å². The number of anilines is 1. The van der Waals surface area contributed by atoms with Gasteiger partial charge in [0.25, 0.3) is 0 Å². The number of halogens is 1. The molecular formula is C27H28BrN3O3S2. The molecule has 0 saturated heterocycles. The van der Waals surface area contributed by atoms with Crippen LogP contribution in [0.4, 0.5) is 5.00 Å². The number of rotatable bonds is 3. The van der Waals surface area contributed by atoms with Gasteiger partial charge in [0, 0.05) is 27.4 Å². The SMILES string of the molecule is COC(=O)c1c(N2C(N)=C(C#N)C(c3ccc(Br)s3)C3=C2CC(C)(C)CC3=O)sc2c1CCCCC2. The summed E-state index contributed by atoms with van der Waals surface area (Å²) in [6.07, 6.45) is 5.91. The van der Waals surface area contributed by atoms with Crippen LogP contribution in [-0.4, -0.2) is 18.9 Å². The lowest BCUT2D eigenvalue weighted by molar-refractivity contribution is -0.118. The zero-order chi connectivity index (χ0) is 25.8. The molecule has 0 fully saturated rings. The lowest BCUT2D eigenvalue weighted by Crippen LogP contribution is -2.42. The van der Waals surface area contributed by atoms with Crippen molar-refractivity contribution in [1.82, 2.24) is 0 Å². The fourth-order valence-electron chi connectivity index (χ4n) is 5.71. The van der Waals surface area contributed by atoms with Gasteiger partial charge in [-0.2, -0.15) is 5.26 Å². The molecule has 2 aliphatic carbocycles. The molecule has 188 valence electrons. The lowest BCUT2D eigenvalue weighted by atomic mass is 9.70. The first-order chi connectivity index (χ1) is 17.2. The Labute approximate surface area is 227 Å². The number of carbonyl (C=O) groups is 2. The van der Waals surface area contributed by atoms with E-state index in [-0.39, 0.29) is 17.0 Å². The van der Waals surface area contributed by atoms with Crippen LogP contribution in [0, 0.1) is 16.7 Å². The number of hydrogen-bond acceptors (Lipinski definition) is 8. The van der Waals surface area contributed by atoms with Gasteiger partial charge in [0.1, 0.15) is 10.8 Å². The minimum atomic E-state index is -0.513. The molecule has 0 aromatic carbocycles. The highest BCUT2D eigenvalue weighted by atomic mass is 79.9. The van der Waals surface area contributed by atoms with Gasteiger partial charge in [0.2, 0.25) is 0 Å². The summed E-state index contributed by atoms with van der Waals surface area (Å²) in [6, 6.07) is 6.21. The molecule has 1 unspecified atom stereocenters. The van der Waals surface area contributed by atoms with Gasteiger partial charge in [-0.3, -0.25) is 9.69 Å². The molecule has 1 aliphatic heterocycles. The normalized spacial score (nSPS) is 21.6. The summed E-state index contributed by atoms with van der Waals surface area (Å²) in [7, 11) is 1.39. The summed E-state index contributed by atoms with van der Waals surface area (Å²) in [5.41, 5.74) is 9.86. The van der Waals surface area contributed by atoms with Gasteiger partial charge in [-0.1, -0.05) is 20.3 Å².